The Hall–Kier alpha value is -2.51. The average Bonchev–Trinajstić information content (AvgIpc) is 2.90. The predicted octanol–water partition coefficient (Wildman–Crippen LogP) is 2.26. The SMILES string of the molecule is O=C(c1nc2c(-c3ccccc3)cccc2[nH]1)S(=O)(=O)O. The van der Waals surface area contributed by atoms with E-state index in [1.165, 1.54) is 0 Å². The second kappa shape index (κ2) is 4.80. The number of nitrogens with zero attached hydrogens (tertiary/aromatic N) is 1. The molecule has 0 amide bonds. The van der Waals surface area contributed by atoms with E-state index in [9.17, 15) is 13.2 Å². The van der Waals surface area contributed by atoms with Gasteiger partial charge in [0.15, 0.2) is 5.82 Å². The predicted molar refractivity (Wildman–Crippen MR) is 77.4 cm³/mol. The van der Waals surface area contributed by atoms with Crippen LogP contribution in [0.1, 0.15) is 10.6 Å². The lowest BCUT2D eigenvalue weighted by Crippen LogP contribution is -2.14. The van der Waals surface area contributed by atoms with Gasteiger partial charge in [-0.1, -0.05) is 42.5 Å². The van der Waals surface area contributed by atoms with Gasteiger partial charge in [0.1, 0.15) is 0 Å². The summed E-state index contributed by atoms with van der Waals surface area (Å²) in [5.41, 5.74) is 2.64. The Morgan fingerprint density at radius 2 is 1.76 bits per heavy atom. The van der Waals surface area contributed by atoms with Crippen LogP contribution in [-0.2, 0) is 10.1 Å². The number of rotatable bonds is 2. The van der Waals surface area contributed by atoms with E-state index in [1.54, 1.807) is 12.1 Å². The maximum Gasteiger partial charge on any atom is 0.338 e. The molecule has 0 aliphatic rings. The molecule has 0 unspecified atom stereocenters. The van der Waals surface area contributed by atoms with Crippen LogP contribution < -0.4 is 0 Å². The van der Waals surface area contributed by atoms with Gasteiger partial charge in [-0.25, -0.2) is 4.98 Å². The molecule has 0 radical (unpaired) electrons. The van der Waals surface area contributed by atoms with E-state index < -0.39 is 21.1 Å². The highest BCUT2D eigenvalue weighted by atomic mass is 32.2. The first-order chi connectivity index (χ1) is 9.97. The smallest absolute Gasteiger partial charge is 0.334 e. The molecule has 0 aliphatic heterocycles. The average molecular weight is 302 g/mol. The van der Waals surface area contributed by atoms with Crippen LogP contribution in [-0.4, -0.2) is 28.1 Å². The Kier molecular flexibility index (Phi) is 3.08. The fourth-order valence-electron chi connectivity index (χ4n) is 2.10. The van der Waals surface area contributed by atoms with Gasteiger partial charge >= 0.3 is 15.2 Å². The minimum absolute atomic E-state index is 0.407. The van der Waals surface area contributed by atoms with E-state index in [2.05, 4.69) is 9.97 Å². The molecule has 0 saturated heterocycles. The molecular formula is C14H10N2O4S. The summed E-state index contributed by atoms with van der Waals surface area (Å²) >= 11 is 0. The summed E-state index contributed by atoms with van der Waals surface area (Å²) in [6, 6.07) is 14.6. The first kappa shape index (κ1) is 13.5. The van der Waals surface area contributed by atoms with Gasteiger partial charge < -0.3 is 4.98 Å². The van der Waals surface area contributed by atoms with Gasteiger partial charge in [0.2, 0.25) is 0 Å². The van der Waals surface area contributed by atoms with Crippen LogP contribution in [0.15, 0.2) is 48.5 Å². The van der Waals surface area contributed by atoms with Gasteiger partial charge in [0.05, 0.1) is 11.0 Å². The molecule has 3 rings (SSSR count). The van der Waals surface area contributed by atoms with E-state index >= 15 is 0 Å². The minimum atomic E-state index is -4.81. The van der Waals surface area contributed by atoms with Crippen molar-refractivity contribution < 1.29 is 17.8 Å². The van der Waals surface area contributed by atoms with E-state index in [0.29, 0.717) is 11.0 Å². The topological polar surface area (TPSA) is 100 Å². The number of aromatic nitrogens is 2. The molecule has 0 aliphatic carbocycles. The molecule has 21 heavy (non-hydrogen) atoms. The van der Waals surface area contributed by atoms with Crippen LogP contribution >= 0.6 is 0 Å². The summed E-state index contributed by atoms with van der Waals surface area (Å²) < 4.78 is 30.6. The third-order valence-electron chi connectivity index (χ3n) is 3.03. The highest BCUT2D eigenvalue weighted by molar-refractivity contribution is 8.01. The van der Waals surface area contributed by atoms with Crippen LogP contribution in [0.25, 0.3) is 22.2 Å². The lowest BCUT2D eigenvalue weighted by Gasteiger charge is -2.01. The highest BCUT2D eigenvalue weighted by Gasteiger charge is 2.25. The molecule has 1 aromatic heterocycles. The number of para-hydroxylation sites is 1. The maximum absolute atomic E-state index is 11.6. The largest absolute Gasteiger partial charge is 0.338 e. The molecule has 7 heteroatoms. The van der Waals surface area contributed by atoms with Crippen LogP contribution in [0.3, 0.4) is 0 Å². The lowest BCUT2D eigenvalue weighted by molar-refractivity contribution is 0.105. The molecule has 106 valence electrons. The minimum Gasteiger partial charge on any atom is -0.334 e. The molecule has 2 aromatic carbocycles. The quantitative estimate of drug-likeness (QED) is 0.707. The van der Waals surface area contributed by atoms with Gasteiger partial charge in [-0.15, -0.1) is 0 Å². The standard InChI is InChI=1S/C14H10N2O4S/c17-14(21(18,19)20)13-15-11-8-4-7-10(12(11)16-13)9-5-2-1-3-6-9/h1-8H,(H,15,16)(H,18,19,20). The Morgan fingerprint density at radius 1 is 1.05 bits per heavy atom. The summed E-state index contributed by atoms with van der Waals surface area (Å²) in [5, 5.41) is -1.45. The zero-order valence-corrected chi connectivity index (χ0v) is 11.5. The molecule has 3 aromatic rings. The number of carbonyl (C=O) groups is 1. The van der Waals surface area contributed by atoms with Crippen LogP contribution in [0.2, 0.25) is 0 Å². The highest BCUT2D eigenvalue weighted by Crippen LogP contribution is 2.27. The van der Waals surface area contributed by atoms with Crippen molar-refractivity contribution in [2.24, 2.45) is 0 Å². The summed E-state index contributed by atoms with van der Waals surface area (Å²) in [5.74, 6) is -0.407. The monoisotopic (exact) mass is 302 g/mol. The zero-order valence-electron chi connectivity index (χ0n) is 10.6. The maximum atomic E-state index is 11.6. The third kappa shape index (κ3) is 2.44. The van der Waals surface area contributed by atoms with Gasteiger partial charge in [-0.05, 0) is 11.6 Å². The van der Waals surface area contributed by atoms with Crippen molar-refractivity contribution in [1.82, 2.24) is 9.97 Å². The van der Waals surface area contributed by atoms with Crippen molar-refractivity contribution in [3.05, 3.63) is 54.4 Å². The molecule has 2 N–H and O–H groups in total. The second-order valence-corrected chi connectivity index (χ2v) is 5.74. The second-order valence-electron chi connectivity index (χ2n) is 4.42. The number of hydrogen-bond acceptors (Lipinski definition) is 4. The fourth-order valence-corrected chi connectivity index (χ4v) is 2.44. The van der Waals surface area contributed by atoms with Crippen LogP contribution in [0.5, 0.6) is 0 Å². The first-order valence-corrected chi connectivity index (χ1v) is 7.47. The summed E-state index contributed by atoms with van der Waals surface area (Å²) in [6.45, 7) is 0. The molecular weight excluding hydrogens is 292 g/mol. The Balaban J connectivity index is 2.22. The number of H-pyrrole nitrogens is 1. The molecule has 0 spiro atoms. The normalized spacial score (nSPS) is 11.7. The third-order valence-corrected chi connectivity index (χ3v) is 3.69. The molecule has 6 nitrogen and oxygen atoms in total. The van der Waals surface area contributed by atoms with Crippen molar-refractivity contribution in [3.63, 3.8) is 0 Å². The number of benzene rings is 2. The van der Waals surface area contributed by atoms with Gasteiger partial charge in [-0.2, -0.15) is 8.42 Å². The number of aromatic amines is 1. The fraction of sp³-hybridized carbons (Fsp3) is 0. The Labute approximate surface area is 120 Å². The summed E-state index contributed by atoms with van der Waals surface area (Å²) in [7, 11) is -4.81. The van der Waals surface area contributed by atoms with Crippen molar-refractivity contribution >= 4 is 26.3 Å². The van der Waals surface area contributed by atoms with Gasteiger partial charge in [0.25, 0.3) is 0 Å². The first-order valence-electron chi connectivity index (χ1n) is 6.03. The number of hydrogen-bond donors (Lipinski definition) is 2. The lowest BCUT2D eigenvalue weighted by atomic mass is 10.0. The Morgan fingerprint density at radius 3 is 2.43 bits per heavy atom. The van der Waals surface area contributed by atoms with Crippen LogP contribution in [0, 0.1) is 0 Å². The molecule has 0 saturated carbocycles. The summed E-state index contributed by atoms with van der Waals surface area (Å²) in [6.07, 6.45) is 0. The van der Waals surface area contributed by atoms with E-state index in [0.717, 1.165) is 11.1 Å². The van der Waals surface area contributed by atoms with Crippen molar-refractivity contribution in [2.45, 2.75) is 0 Å². The number of nitrogens with one attached hydrogen (secondary N) is 1. The number of imidazole rings is 1. The van der Waals surface area contributed by atoms with Gasteiger partial charge in [0, 0.05) is 5.56 Å². The Bertz CT molecular complexity index is 930. The van der Waals surface area contributed by atoms with Gasteiger partial charge in [-0.3, -0.25) is 9.35 Å². The van der Waals surface area contributed by atoms with E-state index in [1.807, 2.05) is 36.4 Å². The molecule has 0 bridgehead atoms. The number of carbonyl (C=O) groups excluding carboxylic acids is 1. The van der Waals surface area contributed by atoms with Crippen molar-refractivity contribution in [2.75, 3.05) is 0 Å². The zero-order chi connectivity index (χ0) is 15.0. The van der Waals surface area contributed by atoms with Crippen molar-refractivity contribution in [3.8, 4) is 11.1 Å². The van der Waals surface area contributed by atoms with E-state index in [4.69, 9.17) is 4.55 Å². The molecule has 0 fully saturated rings. The van der Waals surface area contributed by atoms with Crippen molar-refractivity contribution in [1.29, 1.82) is 0 Å². The molecule has 0 atom stereocenters. The van der Waals surface area contributed by atoms with E-state index in [-0.39, 0.29) is 0 Å². The summed E-state index contributed by atoms with van der Waals surface area (Å²) in [4.78, 5) is 18.2. The van der Waals surface area contributed by atoms with Crippen LogP contribution in [0.4, 0.5) is 0 Å². The number of fused-ring (bicyclic) bond motifs is 1. The molecule has 1 heterocycles.